The van der Waals surface area contributed by atoms with Crippen LogP contribution < -0.4 is 0 Å². The normalized spacial score (nSPS) is 14.8. The molecular formula is C13H20ClNO3. The molecule has 102 valence electrons. The van der Waals surface area contributed by atoms with Crippen LogP contribution >= 0.6 is 11.6 Å². The van der Waals surface area contributed by atoms with Crippen molar-refractivity contribution in [3.63, 3.8) is 0 Å². The van der Waals surface area contributed by atoms with E-state index < -0.39 is 12.2 Å². The molecule has 0 radical (unpaired) electrons. The summed E-state index contributed by atoms with van der Waals surface area (Å²) in [6, 6.07) is 7.14. The van der Waals surface area contributed by atoms with Gasteiger partial charge in [0.2, 0.25) is 0 Å². The van der Waals surface area contributed by atoms with Crippen molar-refractivity contribution in [2.45, 2.75) is 12.2 Å². The number of halogens is 1. The van der Waals surface area contributed by atoms with Gasteiger partial charge in [-0.05, 0) is 24.7 Å². The van der Waals surface area contributed by atoms with Crippen LogP contribution in [-0.4, -0.2) is 55.1 Å². The van der Waals surface area contributed by atoms with Crippen molar-refractivity contribution < 1.29 is 14.9 Å². The highest BCUT2D eigenvalue weighted by Crippen LogP contribution is 2.18. The Balaban J connectivity index is 2.46. The van der Waals surface area contributed by atoms with Gasteiger partial charge in [-0.1, -0.05) is 23.7 Å². The zero-order chi connectivity index (χ0) is 13.5. The molecule has 0 aliphatic carbocycles. The van der Waals surface area contributed by atoms with Gasteiger partial charge in [-0.3, -0.25) is 0 Å². The van der Waals surface area contributed by atoms with E-state index in [9.17, 15) is 10.2 Å². The summed E-state index contributed by atoms with van der Waals surface area (Å²) in [4.78, 5) is 1.86. The number of ether oxygens (including phenoxy) is 1. The first-order chi connectivity index (χ1) is 8.52. The smallest absolute Gasteiger partial charge is 0.0917 e. The van der Waals surface area contributed by atoms with Crippen LogP contribution in [0, 0.1) is 0 Å². The van der Waals surface area contributed by atoms with E-state index in [-0.39, 0.29) is 6.61 Å². The Morgan fingerprint density at radius 1 is 1.33 bits per heavy atom. The van der Waals surface area contributed by atoms with E-state index in [4.69, 9.17) is 16.3 Å². The predicted molar refractivity (Wildman–Crippen MR) is 71.8 cm³/mol. The molecule has 1 aromatic rings. The molecular weight excluding hydrogens is 254 g/mol. The van der Waals surface area contributed by atoms with Gasteiger partial charge in [-0.15, -0.1) is 0 Å². The van der Waals surface area contributed by atoms with Crippen molar-refractivity contribution in [3.05, 3.63) is 34.9 Å². The molecule has 0 bridgehead atoms. The Morgan fingerprint density at radius 3 is 2.67 bits per heavy atom. The topological polar surface area (TPSA) is 52.9 Å². The molecule has 1 rings (SSSR count). The summed E-state index contributed by atoms with van der Waals surface area (Å²) >= 11 is 5.87. The fourth-order valence-corrected chi connectivity index (χ4v) is 1.99. The van der Waals surface area contributed by atoms with Gasteiger partial charge in [0.25, 0.3) is 0 Å². The van der Waals surface area contributed by atoms with Crippen LogP contribution in [0.5, 0.6) is 0 Å². The average Bonchev–Trinajstić information content (AvgIpc) is 2.28. The van der Waals surface area contributed by atoms with Crippen molar-refractivity contribution >= 4 is 11.6 Å². The third kappa shape index (κ3) is 5.33. The van der Waals surface area contributed by atoms with Crippen LogP contribution in [0.1, 0.15) is 11.7 Å². The standard InChI is InChI=1S/C13H20ClNO3/c1-15(7-12(16)9-18-2)8-13(17)10-4-3-5-11(14)6-10/h3-6,12-13,16-17H,7-9H2,1-2H3. The van der Waals surface area contributed by atoms with Crippen molar-refractivity contribution in [1.29, 1.82) is 0 Å². The van der Waals surface area contributed by atoms with Crippen molar-refractivity contribution in [2.75, 3.05) is 33.9 Å². The number of rotatable bonds is 7. The van der Waals surface area contributed by atoms with Crippen molar-refractivity contribution in [1.82, 2.24) is 4.90 Å². The van der Waals surface area contributed by atoms with E-state index in [0.717, 1.165) is 5.56 Å². The molecule has 0 saturated carbocycles. The molecule has 5 heteroatoms. The Bertz CT molecular complexity index is 362. The first-order valence-electron chi connectivity index (χ1n) is 5.82. The van der Waals surface area contributed by atoms with E-state index in [0.29, 0.717) is 18.1 Å². The predicted octanol–water partition coefficient (Wildman–Crippen LogP) is 1.31. The zero-order valence-electron chi connectivity index (χ0n) is 10.7. The summed E-state index contributed by atoms with van der Waals surface area (Å²) in [5.41, 5.74) is 0.774. The van der Waals surface area contributed by atoms with E-state index in [1.54, 1.807) is 25.3 Å². The van der Waals surface area contributed by atoms with Crippen LogP contribution in [0.15, 0.2) is 24.3 Å². The van der Waals surface area contributed by atoms with Gasteiger partial charge >= 0.3 is 0 Å². The number of likely N-dealkylation sites (N-methyl/N-ethyl adjacent to an activating group) is 1. The Kier molecular flexibility index (Phi) is 6.60. The van der Waals surface area contributed by atoms with Gasteiger partial charge < -0.3 is 19.8 Å². The van der Waals surface area contributed by atoms with E-state index in [1.165, 1.54) is 0 Å². The number of benzene rings is 1. The van der Waals surface area contributed by atoms with E-state index >= 15 is 0 Å². The van der Waals surface area contributed by atoms with Crippen LogP contribution in [0.2, 0.25) is 5.02 Å². The first kappa shape index (κ1) is 15.4. The maximum absolute atomic E-state index is 10.0. The number of hydrogen-bond acceptors (Lipinski definition) is 4. The Labute approximate surface area is 113 Å². The lowest BCUT2D eigenvalue weighted by Gasteiger charge is -2.23. The number of nitrogens with zero attached hydrogens (tertiary/aromatic N) is 1. The van der Waals surface area contributed by atoms with Gasteiger partial charge in [0, 0.05) is 25.2 Å². The molecule has 2 N–H and O–H groups in total. The summed E-state index contributed by atoms with van der Waals surface area (Å²) in [7, 11) is 3.39. The van der Waals surface area contributed by atoms with Gasteiger partial charge in [0.05, 0.1) is 18.8 Å². The largest absolute Gasteiger partial charge is 0.389 e. The van der Waals surface area contributed by atoms with E-state index in [1.807, 2.05) is 18.0 Å². The minimum absolute atomic E-state index is 0.289. The summed E-state index contributed by atoms with van der Waals surface area (Å²) in [5.74, 6) is 0. The van der Waals surface area contributed by atoms with E-state index in [2.05, 4.69) is 0 Å². The monoisotopic (exact) mass is 273 g/mol. The first-order valence-corrected chi connectivity index (χ1v) is 6.19. The summed E-state index contributed by atoms with van der Waals surface area (Å²) in [5, 5.41) is 20.2. The SMILES string of the molecule is COCC(O)CN(C)CC(O)c1cccc(Cl)c1. The van der Waals surface area contributed by atoms with Gasteiger partial charge in [0.1, 0.15) is 0 Å². The van der Waals surface area contributed by atoms with Crippen LogP contribution in [0.25, 0.3) is 0 Å². The van der Waals surface area contributed by atoms with Crippen molar-refractivity contribution in [2.24, 2.45) is 0 Å². The highest BCUT2D eigenvalue weighted by atomic mass is 35.5. The molecule has 0 fully saturated rings. The maximum Gasteiger partial charge on any atom is 0.0917 e. The van der Waals surface area contributed by atoms with Crippen molar-refractivity contribution in [3.8, 4) is 0 Å². The van der Waals surface area contributed by atoms with Crippen LogP contribution in [0.3, 0.4) is 0 Å². The third-order valence-electron chi connectivity index (χ3n) is 2.60. The molecule has 4 nitrogen and oxygen atoms in total. The molecule has 18 heavy (non-hydrogen) atoms. The molecule has 1 aromatic carbocycles. The fourth-order valence-electron chi connectivity index (χ4n) is 1.79. The lowest BCUT2D eigenvalue weighted by atomic mass is 10.1. The minimum Gasteiger partial charge on any atom is -0.389 e. The zero-order valence-corrected chi connectivity index (χ0v) is 11.5. The highest BCUT2D eigenvalue weighted by molar-refractivity contribution is 6.30. The minimum atomic E-state index is -0.622. The summed E-state index contributed by atoms with van der Waals surface area (Å²) in [6.07, 6.45) is -1.17. The second-order valence-electron chi connectivity index (χ2n) is 4.40. The summed E-state index contributed by atoms with van der Waals surface area (Å²) < 4.78 is 4.85. The summed E-state index contributed by atoms with van der Waals surface area (Å²) in [6.45, 7) is 1.17. The second kappa shape index (κ2) is 7.71. The molecule has 2 atom stereocenters. The highest BCUT2D eigenvalue weighted by Gasteiger charge is 2.13. The second-order valence-corrected chi connectivity index (χ2v) is 4.84. The number of methoxy groups -OCH3 is 1. The fraction of sp³-hybridized carbons (Fsp3) is 0.538. The lowest BCUT2D eigenvalue weighted by Crippen LogP contribution is -2.34. The van der Waals surface area contributed by atoms with Crippen LogP contribution in [0.4, 0.5) is 0 Å². The molecule has 0 spiro atoms. The average molecular weight is 274 g/mol. The Morgan fingerprint density at radius 2 is 2.06 bits per heavy atom. The quantitative estimate of drug-likeness (QED) is 0.787. The molecule has 0 aliphatic heterocycles. The van der Waals surface area contributed by atoms with Gasteiger partial charge in [0.15, 0.2) is 0 Å². The molecule has 0 heterocycles. The molecule has 2 unspecified atom stereocenters. The van der Waals surface area contributed by atoms with Gasteiger partial charge in [-0.2, -0.15) is 0 Å². The number of hydrogen-bond donors (Lipinski definition) is 2. The molecule has 0 saturated heterocycles. The number of aliphatic hydroxyl groups is 2. The van der Waals surface area contributed by atoms with Gasteiger partial charge in [-0.25, -0.2) is 0 Å². The maximum atomic E-state index is 10.0. The molecule has 0 amide bonds. The molecule has 0 aromatic heterocycles. The third-order valence-corrected chi connectivity index (χ3v) is 2.83. The number of aliphatic hydroxyl groups excluding tert-OH is 2. The van der Waals surface area contributed by atoms with Crippen LogP contribution in [-0.2, 0) is 4.74 Å². The lowest BCUT2D eigenvalue weighted by molar-refractivity contribution is 0.0318. The Hall–Kier alpha value is -0.650. The molecule has 0 aliphatic rings.